The van der Waals surface area contributed by atoms with Crippen molar-refractivity contribution in [2.24, 2.45) is 0 Å². The molecule has 120 valence electrons. The minimum absolute atomic E-state index is 0.0640. The van der Waals surface area contributed by atoms with Gasteiger partial charge in [0.1, 0.15) is 13.2 Å². The van der Waals surface area contributed by atoms with Gasteiger partial charge in [0.25, 0.3) is 0 Å². The number of aliphatic hydroxyl groups excluding tert-OH is 1. The number of ether oxygens (including phenoxy) is 1. The van der Waals surface area contributed by atoms with Crippen LogP contribution >= 0.6 is 0 Å². The van der Waals surface area contributed by atoms with Gasteiger partial charge < -0.3 is 9.84 Å². The highest BCUT2D eigenvalue weighted by Gasteiger charge is 1.98. The Hall–Kier alpha value is -0.410. The molecule has 0 aromatic rings. The second kappa shape index (κ2) is 16.6. The molecular formula is C17H34O3. The topological polar surface area (TPSA) is 46.5 Å². The van der Waals surface area contributed by atoms with Crippen molar-refractivity contribution in [3.05, 3.63) is 0 Å². The predicted molar refractivity (Wildman–Crippen MR) is 84.0 cm³/mol. The number of rotatable bonds is 16. The molecule has 20 heavy (non-hydrogen) atoms. The first-order valence-corrected chi connectivity index (χ1v) is 8.51. The van der Waals surface area contributed by atoms with E-state index in [-0.39, 0.29) is 12.4 Å². The van der Waals surface area contributed by atoms with Crippen molar-refractivity contribution in [3.63, 3.8) is 0 Å². The van der Waals surface area contributed by atoms with Crippen LogP contribution in [0.1, 0.15) is 84.0 Å². The Labute approximate surface area is 125 Å². The summed E-state index contributed by atoms with van der Waals surface area (Å²) in [5.74, 6) is -0.232. The lowest BCUT2D eigenvalue weighted by Gasteiger charge is -2.03. The molecule has 3 nitrogen and oxygen atoms in total. The summed E-state index contributed by atoms with van der Waals surface area (Å²) in [5.41, 5.74) is 0. The van der Waals surface area contributed by atoms with Gasteiger partial charge in [0.2, 0.25) is 0 Å². The molecule has 0 aromatic carbocycles. The molecule has 0 rings (SSSR count). The highest BCUT2D eigenvalue weighted by molar-refractivity contribution is 5.80. The Bertz CT molecular complexity index is 204. The molecule has 1 N–H and O–H groups in total. The first-order chi connectivity index (χ1) is 9.81. The standard InChI is InChI=1S/C17H34O3/c1-2-3-4-5-6-7-8-9-10-11-12-13-14-20-16-17(19)15-18/h18H,2-16H2,1H3. The van der Waals surface area contributed by atoms with Crippen LogP contribution in [0.25, 0.3) is 0 Å². The zero-order chi connectivity index (χ0) is 14.9. The molecule has 0 aliphatic rings. The second-order valence-electron chi connectivity index (χ2n) is 5.64. The number of hydrogen-bond donors (Lipinski definition) is 1. The van der Waals surface area contributed by atoms with Gasteiger partial charge in [0.15, 0.2) is 5.78 Å². The molecule has 0 amide bonds. The number of Topliss-reactive ketones (excluding diaryl/α,β-unsaturated/α-hetero) is 1. The molecule has 0 unspecified atom stereocenters. The highest BCUT2D eigenvalue weighted by Crippen LogP contribution is 2.11. The summed E-state index contributed by atoms with van der Waals surface area (Å²) < 4.78 is 5.17. The zero-order valence-electron chi connectivity index (χ0n) is 13.4. The predicted octanol–water partition coefficient (Wildman–Crippen LogP) is 4.27. The van der Waals surface area contributed by atoms with E-state index in [0.29, 0.717) is 6.61 Å². The third-order valence-electron chi connectivity index (χ3n) is 3.58. The number of carbonyl (C=O) groups is 1. The highest BCUT2D eigenvalue weighted by atomic mass is 16.5. The third kappa shape index (κ3) is 15.6. The molecule has 0 radical (unpaired) electrons. The van der Waals surface area contributed by atoms with E-state index < -0.39 is 6.61 Å². The van der Waals surface area contributed by atoms with Crippen molar-refractivity contribution < 1.29 is 14.6 Å². The van der Waals surface area contributed by atoms with Gasteiger partial charge in [-0.05, 0) is 6.42 Å². The van der Waals surface area contributed by atoms with E-state index >= 15 is 0 Å². The summed E-state index contributed by atoms with van der Waals surface area (Å²) in [4.78, 5) is 10.8. The second-order valence-corrected chi connectivity index (χ2v) is 5.64. The largest absolute Gasteiger partial charge is 0.388 e. The van der Waals surface area contributed by atoms with Gasteiger partial charge in [-0.1, -0.05) is 77.6 Å². The van der Waals surface area contributed by atoms with Crippen LogP contribution in [0.3, 0.4) is 0 Å². The van der Waals surface area contributed by atoms with Gasteiger partial charge in [-0.25, -0.2) is 0 Å². The van der Waals surface area contributed by atoms with Crippen LogP contribution in [-0.2, 0) is 9.53 Å². The number of carbonyl (C=O) groups excluding carboxylic acids is 1. The Morgan fingerprint density at radius 3 is 1.70 bits per heavy atom. The average Bonchev–Trinajstić information content (AvgIpc) is 2.47. The molecule has 3 heteroatoms. The third-order valence-corrected chi connectivity index (χ3v) is 3.58. The fraction of sp³-hybridized carbons (Fsp3) is 0.941. The zero-order valence-corrected chi connectivity index (χ0v) is 13.4. The Kier molecular flexibility index (Phi) is 16.3. The fourth-order valence-corrected chi connectivity index (χ4v) is 2.28. The van der Waals surface area contributed by atoms with Gasteiger partial charge in [-0.15, -0.1) is 0 Å². The summed E-state index contributed by atoms with van der Waals surface area (Å²) >= 11 is 0. The van der Waals surface area contributed by atoms with Crippen molar-refractivity contribution in [1.82, 2.24) is 0 Å². The Morgan fingerprint density at radius 1 is 0.800 bits per heavy atom. The molecule has 0 atom stereocenters. The van der Waals surface area contributed by atoms with Gasteiger partial charge in [-0.3, -0.25) is 4.79 Å². The van der Waals surface area contributed by atoms with E-state index in [4.69, 9.17) is 9.84 Å². The van der Waals surface area contributed by atoms with Gasteiger partial charge in [0.05, 0.1) is 0 Å². The summed E-state index contributed by atoms with van der Waals surface area (Å²) in [5, 5.41) is 8.51. The van der Waals surface area contributed by atoms with E-state index in [1.54, 1.807) is 0 Å². The summed E-state index contributed by atoms with van der Waals surface area (Å²) in [6.45, 7) is 2.56. The van der Waals surface area contributed by atoms with Crippen molar-refractivity contribution in [2.45, 2.75) is 84.0 Å². The first-order valence-electron chi connectivity index (χ1n) is 8.51. The summed E-state index contributed by atoms with van der Waals surface area (Å²) in [6, 6.07) is 0. The molecule has 0 aromatic heterocycles. The molecule has 0 bridgehead atoms. The summed E-state index contributed by atoms with van der Waals surface area (Å²) in [7, 11) is 0. The Balaban J connectivity index is 2.97. The van der Waals surface area contributed by atoms with E-state index in [1.807, 2.05) is 0 Å². The van der Waals surface area contributed by atoms with Crippen LogP contribution in [0.5, 0.6) is 0 Å². The number of aliphatic hydroxyl groups is 1. The maximum absolute atomic E-state index is 10.8. The number of ketones is 1. The molecule has 0 aliphatic heterocycles. The lowest BCUT2D eigenvalue weighted by molar-refractivity contribution is -0.126. The van der Waals surface area contributed by atoms with Crippen LogP contribution in [0.15, 0.2) is 0 Å². The van der Waals surface area contributed by atoms with Crippen LogP contribution in [0.4, 0.5) is 0 Å². The fourth-order valence-electron chi connectivity index (χ4n) is 2.28. The van der Waals surface area contributed by atoms with Gasteiger partial charge in [-0.2, -0.15) is 0 Å². The van der Waals surface area contributed by atoms with Crippen LogP contribution in [0.2, 0.25) is 0 Å². The van der Waals surface area contributed by atoms with Crippen LogP contribution < -0.4 is 0 Å². The molecular weight excluding hydrogens is 252 g/mol. The molecule has 0 spiro atoms. The monoisotopic (exact) mass is 286 g/mol. The number of unbranched alkanes of at least 4 members (excludes halogenated alkanes) is 11. The van der Waals surface area contributed by atoms with E-state index in [0.717, 1.165) is 6.42 Å². The van der Waals surface area contributed by atoms with E-state index in [9.17, 15) is 4.79 Å². The quantitative estimate of drug-likeness (QED) is 0.431. The summed E-state index contributed by atoms with van der Waals surface area (Å²) in [6.07, 6.45) is 15.9. The van der Waals surface area contributed by atoms with Crippen molar-refractivity contribution in [2.75, 3.05) is 19.8 Å². The van der Waals surface area contributed by atoms with Gasteiger partial charge in [0, 0.05) is 6.61 Å². The lowest BCUT2D eigenvalue weighted by Crippen LogP contribution is -2.12. The van der Waals surface area contributed by atoms with Crippen molar-refractivity contribution in [1.29, 1.82) is 0 Å². The maximum atomic E-state index is 10.8. The van der Waals surface area contributed by atoms with E-state index in [2.05, 4.69) is 6.92 Å². The minimum Gasteiger partial charge on any atom is -0.388 e. The molecule has 0 saturated heterocycles. The number of hydrogen-bond acceptors (Lipinski definition) is 3. The van der Waals surface area contributed by atoms with E-state index in [1.165, 1.54) is 70.6 Å². The SMILES string of the molecule is CCCCCCCCCCCCCCOCC(=O)CO. The van der Waals surface area contributed by atoms with Crippen LogP contribution in [0, 0.1) is 0 Å². The van der Waals surface area contributed by atoms with Crippen LogP contribution in [-0.4, -0.2) is 30.7 Å². The lowest BCUT2D eigenvalue weighted by atomic mass is 10.1. The van der Waals surface area contributed by atoms with Crippen molar-refractivity contribution in [3.8, 4) is 0 Å². The first kappa shape index (κ1) is 19.6. The maximum Gasteiger partial charge on any atom is 0.183 e. The smallest absolute Gasteiger partial charge is 0.183 e. The Morgan fingerprint density at radius 2 is 1.25 bits per heavy atom. The van der Waals surface area contributed by atoms with Crippen molar-refractivity contribution >= 4 is 5.78 Å². The molecule has 0 fully saturated rings. The minimum atomic E-state index is -0.404. The average molecular weight is 286 g/mol. The molecule has 0 heterocycles. The molecule has 0 aliphatic carbocycles. The molecule has 0 saturated carbocycles. The van der Waals surface area contributed by atoms with Gasteiger partial charge >= 0.3 is 0 Å². The normalized spacial score (nSPS) is 10.9.